The molecule has 1 aliphatic heterocycles. The SMILES string of the molecule is Nc1cccc(NC2(Cc3cccc(Cl)c3)C(=O)Nc3cc(Cl)ccc32)c1. The van der Waals surface area contributed by atoms with Gasteiger partial charge in [-0.15, -0.1) is 0 Å². The number of nitrogens with two attached hydrogens (primary N) is 1. The van der Waals surface area contributed by atoms with Crippen LogP contribution in [0.25, 0.3) is 0 Å². The Morgan fingerprint density at radius 2 is 1.74 bits per heavy atom. The lowest BCUT2D eigenvalue weighted by Gasteiger charge is -2.30. The number of rotatable bonds is 4. The normalized spacial score (nSPS) is 18.1. The zero-order valence-electron chi connectivity index (χ0n) is 14.3. The molecule has 1 atom stereocenters. The van der Waals surface area contributed by atoms with E-state index in [1.165, 1.54) is 0 Å². The summed E-state index contributed by atoms with van der Waals surface area (Å²) < 4.78 is 0. The van der Waals surface area contributed by atoms with E-state index in [2.05, 4.69) is 10.6 Å². The molecule has 4 N–H and O–H groups in total. The summed E-state index contributed by atoms with van der Waals surface area (Å²) in [6, 6.07) is 20.3. The number of fused-ring (bicyclic) bond motifs is 1. The number of anilines is 3. The molecule has 1 amide bonds. The molecule has 27 heavy (non-hydrogen) atoms. The molecule has 1 unspecified atom stereocenters. The van der Waals surface area contributed by atoms with E-state index in [4.69, 9.17) is 28.9 Å². The standard InChI is InChI=1S/C21H17Cl2N3O/c22-14-4-1-3-13(9-14)12-21(26-17-6-2-5-16(24)11-17)18-8-7-15(23)10-19(18)25-20(21)27/h1-11,26H,12,24H2,(H,25,27). The van der Waals surface area contributed by atoms with Crippen LogP contribution in [0.3, 0.4) is 0 Å². The molecule has 0 saturated carbocycles. The van der Waals surface area contributed by atoms with E-state index >= 15 is 0 Å². The summed E-state index contributed by atoms with van der Waals surface area (Å²) in [5.74, 6) is -0.151. The third-order valence-electron chi connectivity index (χ3n) is 4.68. The molecule has 4 rings (SSSR count). The Morgan fingerprint density at radius 3 is 2.52 bits per heavy atom. The highest BCUT2D eigenvalue weighted by atomic mass is 35.5. The van der Waals surface area contributed by atoms with Gasteiger partial charge in [0.05, 0.1) is 0 Å². The quantitative estimate of drug-likeness (QED) is 0.537. The van der Waals surface area contributed by atoms with E-state index in [1.54, 1.807) is 24.3 Å². The van der Waals surface area contributed by atoms with Crippen molar-refractivity contribution in [1.29, 1.82) is 0 Å². The van der Waals surface area contributed by atoms with Gasteiger partial charge >= 0.3 is 0 Å². The average molecular weight is 398 g/mol. The summed E-state index contributed by atoms with van der Waals surface area (Å²) in [6.07, 6.45) is 0.419. The van der Waals surface area contributed by atoms with Crippen LogP contribution in [-0.4, -0.2) is 5.91 Å². The second kappa shape index (κ2) is 6.80. The van der Waals surface area contributed by atoms with Crippen LogP contribution in [0.15, 0.2) is 66.7 Å². The second-order valence-corrected chi connectivity index (χ2v) is 7.48. The molecule has 1 heterocycles. The van der Waals surface area contributed by atoms with Crippen molar-refractivity contribution >= 4 is 46.2 Å². The molecule has 3 aromatic rings. The van der Waals surface area contributed by atoms with E-state index in [0.29, 0.717) is 27.8 Å². The number of hydrogen-bond donors (Lipinski definition) is 3. The zero-order chi connectivity index (χ0) is 19.0. The molecule has 136 valence electrons. The first-order valence-corrected chi connectivity index (χ1v) is 9.21. The number of benzene rings is 3. The van der Waals surface area contributed by atoms with Crippen LogP contribution in [0.1, 0.15) is 11.1 Å². The fourth-order valence-corrected chi connectivity index (χ4v) is 3.89. The van der Waals surface area contributed by atoms with Gasteiger partial charge in [-0.1, -0.05) is 47.5 Å². The lowest BCUT2D eigenvalue weighted by Crippen LogP contribution is -2.44. The molecule has 3 aromatic carbocycles. The van der Waals surface area contributed by atoms with E-state index < -0.39 is 5.54 Å². The van der Waals surface area contributed by atoms with Crippen LogP contribution < -0.4 is 16.4 Å². The fraction of sp³-hybridized carbons (Fsp3) is 0.0952. The largest absolute Gasteiger partial charge is 0.399 e. The smallest absolute Gasteiger partial charge is 0.255 e. The van der Waals surface area contributed by atoms with Crippen molar-refractivity contribution in [2.45, 2.75) is 12.0 Å². The predicted molar refractivity (Wildman–Crippen MR) is 111 cm³/mol. The molecule has 4 nitrogen and oxygen atoms in total. The Kier molecular flexibility index (Phi) is 4.46. The maximum Gasteiger partial charge on any atom is 0.255 e. The third kappa shape index (κ3) is 3.34. The van der Waals surface area contributed by atoms with Gasteiger partial charge in [-0.25, -0.2) is 0 Å². The molecule has 6 heteroatoms. The van der Waals surface area contributed by atoms with Crippen molar-refractivity contribution in [2.75, 3.05) is 16.4 Å². The van der Waals surface area contributed by atoms with Gasteiger partial charge in [-0.3, -0.25) is 4.79 Å². The number of carbonyl (C=O) groups is 1. The first-order valence-electron chi connectivity index (χ1n) is 8.46. The van der Waals surface area contributed by atoms with Crippen LogP contribution in [-0.2, 0) is 16.8 Å². The van der Waals surface area contributed by atoms with Crippen molar-refractivity contribution in [1.82, 2.24) is 0 Å². The van der Waals surface area contributed by atoms with Crippen molar-refractivity contribution in [3.63, 3.8) is 0 Å². The van der Waals surface area contributed by atoms with Gasteiger partial charge in [0.2, 0.25) is 0 Å². The van der Waals surface area contributed by atoms with Crippen molar-refractivity contribution < 1.29 is 4.79 Å². The number of amides is 1. The number of nitrogens with one attached hydrogen (secondary N) is 2. The van der Waals surface area contributed by atoms with Crippen LogP contribution in [0.2, 0.25) is 10.0 Å². The van der Waals surface area contributed by atoms with Gasteiger partial charge in [0.25, 0.3) is 5.91 Å². The highest BCUT2D eigenvalue weighted by Crippen LogP contribution is 2.42. The van der Waals surface area contributed by atoms with Crippen LogP contribution >= 0.6 is 23.2 Å². The van der Waals surface area contributed by atoms with Crippen LogP contribution in [0.4, 0.5) is 17.1 Å². The summed E-state index contributed by atoms with van der Waals surface area (Å²) in [5.41, 5.74) is 8.77. The van der Waals surface area contributed by atoms with E-state index in [-0.39, 0.29) is 5.91 Å². The number of hydrogen-bond acceptors (Lipinski definition) is 3. The number of halogens is 2. The predicted octanol–water partition coefficient (Wildman–Crippen LogP) is 5.08. The Morgan fingerprint density at radius 1 is 0.963 bits per heavy atom. The minimum Gasteiger partial charge on any atom is -0.399 e. The summed E-state index contributed by atoms with van der Waals surface area (Å²) >= 11 is 12.3. The summed E-state index contributed by atoms with van der Waals surface area (Å²) in [6.45, 7) is 0. The second-order valence-electron chi connectivity index (χ2n) is 6.61. The highest BCUT2D eigenvalue weighted by molar-refractivity contribution is 6.31. The molecule has 0 aromatic heterocycles. The highest BCUT2D eigenvalue weighted by Gasteiger charge is 2.47. The summed E-state index contributed by atoms with van der Waals surface area (Å²) in [5, 5.41) is 7.55. The lowest BCUT2D eigenvalue weighted by molar-refractivity contribution is -0.119. The Labute approximate surface area is 167 Å². The number of carbonyl (C=O) groups excluding carboxylic acids is 1. The van der Waals surface area contributed by atoms with E-state index in [1.807, 2.05) is 42.5 Å². The van der Waals surface area contributed by atoms with E-state index in [0.717, 1.165) is 16.8 Å². The van der Waals surface area contributed by atoms with Crippen LogP contribution in [0, 0.1) is 0 Å². The number of nitrogen functional groups attached to an aromatic ring is 1. The maximum atomic E-state index is 13.2. The fourth-order valence-electron chi connectivity index (χ4n) is 3.50. The maximum absolute atomic E-state index is 13.2. The van der Waals surface area contributed by atoms with Gasteiger partial charge in [0.15, 0.2) is 0 Å². The minimum atomic E-state index is -1.00. The van der Waals surface area contributed by atoms with Crippen molar-refractivity contribution in [3.8, 4) is 0 Å². The lowest BCUT2D eigenvalue weighted by atomic mass is 9.84. The van der Waals surface area contributed by atoms with Crippen molar-refractivity contribution in [3.05, 3.63) is 87.9 Å². The molecule has 0 saturated heterocycles. The first-order chi connectivity index (χ1) is 13.0. The van der Waals surface area contributed by atoms with Crippen LogP contribution in [0.5, 0.6) is 0 Å². The summed E-state index contributed by atoms with van der Waals surface area (Å²) in [4.78, 5) is 13.2. The molecular weight excluding hydrogens is 381 g/mol. The first kappa shape index (κ1) is 17.7. The molecule has 0 fully saturated rings. The van der Waals surface area contributed by atoms with Gasteiger partial charge in [0.1, 0.15) is 5.54 Å². The molecular formula is C21H17Cl2N3O. The Bertz CT molecular complexity index is 988. The van der Waals surface area contributed by atoms with Gasteiger partial charge in [-0.05, 0) is 48.0 Å². The third-order valence-corrected chi connectivity index (χ3v) is 5.15. The Balaban J connectivity index is 1.84. The molecule has 0 spiro atoms. The minimum absolute atomic E-state index is 0.151. The topological polar surface area (TPSA) is 67.1 Å². The molecule has 0 bridgehead atoms. The monoisotopic (exact) mass is 397 g/mol. The van der Waals surface area contributed by atoms with Crippen molar-refractivity contribution in [2.24, 2.45) is 0 Å². The summed E-state index contributed by atoms with van der Waals surface area (Å²) in [7, 11) is 0. The zero-order valence-corrected chi connectivity index (χ0v) is 15.8. The molecule has 0 aliphatic carbocycles. The molecule has 1 aliphatic rings. The van der Waals surface area contributed by atoms with E-state index in [9.17, 15) is 4.79 Å². The average Bonchev–Trinajstić information content (AvgIpc) is 2.86. The van der Waals surface area contributed by atoms with Gasteiger partial charge in [-0.2, -0.15) is 0 Å². The molecule has 0 radical (unpaired) electrons. The Hall–Kier alpha value is -2.69. The van der Waals surface area contributed by atoms with Gasteiger partial charge < -0.3 is 16.4 Å². The van der Waals surface area contributed by atoms with Gasteiger partial charge in [0, 0.05) is 39.1 Å².